The summed E-state index contributed by atoms with van der Waals surface area (Å²) in [5.74, 6) is -0.982. The van der Waals surface area contributed by atoms with Crippen LogP contribution in [0, 0.1) is 19.3 Å². The monoisotopic (exact) mass is 427 g/mol. The summed E-state index contributed by atoms with van der Waals surface area (Å²) >= 11 is 5.59. The summed E-state index contributed by atoms with van der Waals surface area (Å²) in [7, 11) is 0. The number of rotatable bonds is 6. The molecule has 0 bridgehead atoms. The van der Waals surface area contributed by atoms with Crippen LogP contribution in [0.25, 0.3) is 4.85 Å². The average molecular weight is 428 g/mol. The number of hydrogen-bond acceptors (Lipinski definition) is 4. The average Bonchev–Trinajstić information content (AvgIpc) is 2.89. The van der Waals surface area contributed by atoms with Crippen LogP contribution < -0.4 is 9.80 Å². The quantitative estimate of drug-likeness (QED) is 0.427. The van der Waals surface area contributed by atoms with Crippen molar-refractivity contribution in [2.45, 2.75) is 32.9 Å². The van der Waals surface area contributed by atoms with Crippen molar-refractivity contribution in [3.63, 3.8) is 0 Å². The zero-order valence-electron chi connectivity index (χ0n) is 17.0. The van der Waals surface area contributed by atoms with Gasteiger partial charge in [0.25, 0.3) is 5.91 Å². The third kappa shape index (κ3) is 3.67. The number of nitrogens with zero attached hydrogens (tertiary/aromatic N) is 3. The van der Waals surface area contributed by atoms with Crippen molar-refractivity contribution in [2.75, 3.05) is 23.0 Å². The molecule has 6 nitrogen and oxygen atoms in total. The van der Waals surface area contributed by atoms with Crippen LogP contribution in [0.2, 0.25) is 0 Å². The highest BCUT2D eigenvalue weighted by Gasteiger charge is 2.50. The Morgan fingerprint density at radius 2 is 1.90 bits per heavy atom. The van der Waals surface area contributed by atoms with Crippen LogP contribution in [0.1, 0.15) is 25.0 Å². The van der Waals surface area contributed by atoms with Gasteiger partial charge in [0, 0.05) is 5.69 Å². The van der Waals surface area contributed by atoms with Crippen molar-refractivity contribution in [1.82, 2.24) is 0 Å². The Morgan fingerprint density at radius 3 is 2.50 bits per heavy atom. The van der Waals surface area contributed by atoms with Gasteiger partial charge in [-0.2, -0.15) is 0 Å². The number of thiocarbonyl (C=S) groups is 1. The van der Waals surface area contributed by atoms with E-state index in [1.807, 2.05) is 24.3 Å². The Bertz CT molecular complexity index is 1030. The number of hydrogen-bond donors (Lipinski definition) is 1. The molecule has 0 saturated carbocycles. The first-order valence-electron chi connectivity index (χ1n) is 9.37. The van der Waals surface area contributed by atoms with E-state index in [2.05, 4.69) is 4.85 Å². The Balaban J connectivity index is 1.95. The minimum absolute atomic E-state index is 0.0412. The molecule has 30 heavy (non-hydrogen) atoms. The maximum Gasteiger partial charge on any atom is 0.259 e. The van der Waals surface area contributed by atoms with Crippen LogP contribution in [-0.4, -0.2) is 34.9 Å². The summed E-state index contributed by atoms with van der Waals surface area (Å²) in [6.07, 6.45) is 0. The molecule has 0 radical (unpaired) electrons. The predicted molar refractivity (Wildman–Crippen MR) is 117 cm³/mol. The van der Waals surface area contributed by atoms with Gasteiger partial charge in [0.15, 0.2) is 10.8 Å². The Labute approximate surface area is 180 Å². The summed E-state index contributed by atoms with van der Waals surface area (Å²) in [5, 5.41) is 8.97. The topological polar surface area (TPSA) is 57.4 Å². The molecule has 0 aliphatic carbocycles. The van der Waals surface area contributed by atoms with Crippen LogP contribution in [0.15, 0.2) is 36.4 Å². The van der Waals surface area contributed by atoms with E-state index in [0.717, 1.165) is 5.56 Å². The zero-order valence-corrected chi connectivity index (χ0v) is 17.8. The standard InChI is InChI=1S/C22H22FN3O3S/c1-14-17(24-4)9-10-18(19(14)23)25-20(28)22(2,3)26(21(25)30)16-7-5-15(6-8-16)13-29-12-11-27/h5-10,27H,11-13H2,1-3H3. The number of aliphatic hydroxyl groups excluding tert-OH is 1. The van der Waals surface area contributed by atoms with Crippen LogP contribution in [0.3, 0.4) is 0 Å². The van der Waals surface area contributed by atoms with Gasteiger partial charge in [-0.1, -0.05) is 18.2 Å². The van der Waals surface area contributed by atoms with Gasteiger partial charge in [0.05, 0.1) is 32.1 Å². The van der Waals surface area contributed by atoms with E-state index in [1.165, 1.54) is 24.0 Å². The number of carbonyl (C=O) groups is 1. The SMILES string of the molecule is [C-]#[N+]c1ccc(N2C(=O)C(C)(C)N(c3ccc(COCCO)cc3)C2=S)c(F)c1C. The highest BCUT2D eigenvalue weighted by molar-refractivity contribution is 7.81. The van der Waals surface area contributed by atoms with Crippen LogP contribution in [-0.2, 0) is 16.1 Å². The van der Waals surface area contributed by atoms with Gasteiger partial charge in [-0.25, -0.2) is 9.24 Å². The highest BCUT2D eigenvalue weighted by Crippen LogP contribution is 2.39. The molecule has 2 aromatic carbocycles. The molecule has 0 aromatic heterocycles. The van der Waals surface area contributed by atoms with Crippen molar-refractivity contribution in [3.8, 4) is 0 Å². The van der Waals surface area contributed by atoms with Gasteiger partial charge in [-0.05, 0) is 62.3 Å². The second-order valence-electron chi connectivity index (χ2n) is 7.41. The fraction of sp³-hybridized carbons (Fsp3) is 0.318. The molecule has 1 aliphatic rings. The number of aliphatic hydroxyl groups is 1. The Hall–Kier alpha value is -2.86. The summed E-state index contributed by atoms with van der Waals surface area (Å²) in [6, 6.07) is 10.3. The molecule has 1 fully saturated rings. The van der Waals surface area contributed by atoms with Gasteiger partial charge in [0.1, 0.15) is 11.4 Å². The normalized spacial score (nSPS) is 15.6. The van der Waals surface area contributed by atoms with Gasteiger partial charge in [-0.15, -0.1) is 0 Å². The Kier molecular flexibility index (Phi) is 6.17. The van der Waals surface area contributed by atoms with E-state index < -0.39 is 11.4 Å². The van der Waals surface area contributed by atoms with E-state index >= 15 is 0 Å². The lowest BCUT2D eigenvalue weighted by Gasteiger charge is -2.29. The van der Waals surface area contributed by atoms with Crippen molar-refractivity contribution >= 4 is 40.3 Å². The number of ether oxygens (including phenoxy) is 1. The molecule has 1 aliphatic heterocycles. The molecular weight excluding hydrogens is 405 g/mol. The number of anilines is 2. The van der Waals surface area contributed by atoms with Gasteiger partial charge < -0.3 is 14.7 Å². The highest BCUT2D eigenvalue weighted by atomic mass is 32.1. The van der Waals surface area contributed by atoms with Crippen molar-refractivity contribution in [1.29, 1.82) is 0 Å². The summed E-state index contributed by atoms with van der Waals surface area (Å²) in [6.45, 7) is 12.7. The number of carbonyl (C=O) groups excluding carboxylic acids is 1. The minimum Gasteiger partial charge on any atom is -0.394 e. The molecule has 0 spiro atoms. The molecule has 1 saturated heterocycles. The molecule has 1 N–H and O–H groups in total. The number of amides is 1. The van der Waals surface area contributed by atoms with Gasteiger partial charge >= 0.3 is 0 Å². The van der Waals surface area contributed by atoms with E-state index in [9.17, 15) is 9.18 Å². The summed E-state index contributed by atoms with van der Waals surface area (Å²) in [4.78, 5) is 19.4. The fourth-order valence-electron chi connectivity index (χ4n) is 3.39. The molecular formula is C22H22FN3O3S. The molecule has 3 rings (SSSR count). The summed E-state index contributed by atoms with van der Waals surface area (Å²) < 4.78 is 20.3. The second-order valence-corrected chi connectivity index (χ2v) is 7.78. The van der Waals surface area contributed by atoms with Crippen molar-refractivity contribution < 1.29 is 19.0 Å². The maximum absolute atomic E-state index is 15.0. The maximum atomic E-state index is 15.0. The smallest absolute Gasteiger partial charge is 0.259 e. The van der Waals surface area contributed by atoms with Gasteiger partial charge in [0.2, 0.25) is 0 Å². The molecule has 1 heterocycles. The summed E-state index contributed by atoms with van der Waals surface area (Å²) in [5.41, 5.74) is 1.01. The molecule has 2 aromatic rings. The van der Waals surface area contributed by atoms with Crippen LogP contribution >= 0.6 is 12.2 Å². The lowest BCUT2D eigenvalue weighted by molar-refractivity contribution is -0.120. The van der Waals surface area contributed by atoms with Crippen LogP contribution in [0.4, 0.5) is 21.5 Å². The lowest BCUT2D eigenvalue weighted by atomic mass is 10.0. The largest absolute Gasteiger partial charge is 0.394 e. The third-order valence-corrected chi connectivity index (χ3v) is 5.43. The Morgan fingerprint density at radius 1 is 1.23 bits per heavy atom. The molecule has 156 valence electrons. The van der Waals surface area contributed by atoms with Crippen molar-refractivity contribution in [3.05, 3.63) is 64.8 Å². The first-order valence-corrected chi connectivity index (χ1v) is 9.77. The number of halogens is 1. The molecule has 0 atom stereocenters. The fourth-order valence-corrected chi connectivity index (χ4v) is 3.91. The number of benzene rings is 2. The zero-order chi connectivity index (χ0) is 22.1. The predicted octanol–water partition coefficient (Wildman–Crippen LogP) is 4.11. The first kappa shape index (κ1) is 21.8. The molecule has 0 unspecified atom stereocenters. The first-order chi connectivity index (χ1) is 14.2. The second kappa shape index (κ2) is 8.48. The molecule has 1 amide bonds. The lowest BCUT2D eigenvalue weighted by Crippen LogP contribution is -2.44. The third-order valence-electron chi connectivity index (χ3n) is 5.07. The van der Waals surface area contributed by atoms with Crippen molar-refractivity contribution in [2.24, 2.45) is 0 Å². The van der Waals surface area contributed by atoms with E-state index in [0.29, 0.717) is 12.3 Å². The van der Waals surface area contributed by atoms with E-state index in [1.54, 1.807) is 18.7 Å². The van der Waals surface area contributed by atoms with E-state index in [4.69, 9.17) is 28.6 Å². The van der Waals surface area contributed by atoms with E-state index in [-0.39, 0.29) is 41.2 Å². The van der Waals surface area contributed by atoms with Crippen LogP contribution in [0.5, 0.6) is 0 Å². The van der Waals surface area contributed by atoms with Gasteiger partial charge in [-0.3, -0.25) is 9.69 Å². The molecule has 8 heteroatoms. The minimum atomic E-state index is -1.02.